The van der Waals surface area contributed by atoms with Crippen LogP contribution in [-0.4, -0.2) is 24.6 Å². The molecular formula is C14H15NO2S. The molecule has 0 saturated carbocycles. The third kappa shape index (κ3) is 2.12. The second-order valence-electron chi connectivity index (χ2n) is 4.55. The molecule has 1 fully saturated rings. The van der Waals surface area contributed by atoms with Crippen molar-refractivity contribution in [2.45, 2.75) is 6.92 Å². The molecule has 3 nitrogen and oxygen atoms in total. The van der Waals surface area contributed by atoms with Crippen LogP contribution in [0.1, 0.15) is 5.56 Å². The van der Waals surface area contributed by atoms with Gasteiger partial charge >= 0.3 is 0 Å². The summed E-state index contributed by atoms with van der Waals surface area (Å²) in [7, 11) is 0. The number of hydrogen-bond donors (Lipinski definition) is 0. The maximum atomic E-state index is 12.1. The van der Waals surface area contributed by atoms with Crippen LogP contribution < -0.4 is 10.3 Å². The summed E-state index contributed by atoms with van der Waals surface area (Å²) in [6.45, 7) is 3.88. The van der Waals surface area contributed by atoms with Crippen LogP contribution in [0.25, 0.3) is 11.0 Å². The van der Waals surface area contributed by atoms with E-state index in [0.29, 0.717) is 16.9 Å². The molecule has 1 aromatic heterocycles. The first-order valence-electron chi connectivity index (χ1n) is 6.11. The van der Waals surface area contributed by atoms with Crippen LogP contribution in [0.5, 0.6) is 0 Å². The molecule has 1 aliphatic heterocycles. The fraction of sp³-hybridized carbons (Fsp3) is 0.357. The zero-order chi connectivity index (χ0) is 12.5. The fourth-order valence-electron chi connectivity index (χ4n) is 2.20. The van der Waals surface area contributed by atoms with E-state index in [2.05, 4.69) is 4.90 Å². The van der Waals surface area contributed by atoms with E-state index >= 15 is 0 Å². The van der Waals surface area contributed by atoms with Crippen molar-refractivity contribution >= 4 is 28.6 Å². The summed E-state index contributed by atoms with van der Waals surface area (Å²) in [6.07, 6.45) is 0. The number of fused-ring (bicyclic) bond motifs is 1. The molecule has 94 valence electrons. The minimum absolute atomic E-state index is 0.0492. The van der Waals surface area contributed by atoms with E-state index < -0.39 is 0 Å². The van der Waals surface area contributed by atoms with Crippen molar-refractivity contribution < 1.29 is 4.42 Å². The van der Waals surface area contributed by atoms with Crippen LogP contribution in [0.15, 0.2) is 33.5 Å². The Morgan fingerprint density at radius 3 is 2.78 bits per heavy atom. The van der Waals surface area contributed by atoms with Crippen molar-refractivity contribution in [3.05, 3.63) is 40.1 Å². The molecule has 18 heavy (non-hydrogen) atoms. The van der Waals surface area contributed by atoms with Crippen LogP contribution in [0, 0.1) is 6.92 Å². The Labute approximate surface area is 110 Å². The van der Waals surface area contributed by atoms with Crippen LogP contribution >= 0.6 is 11.8 Å². The Morgan fingerprint density at radius 2 is 2.00 bits per heavy atom. The van der Waals surface area contributed by atoms with Gasteiger partial charge in [0.2, 0.25) is 0 Å². The lowest BCUT2D eigenvalue weighted by Crippen LogP contribution is -2.32. The van der Waals surface area contributed by atoms with E-state index in [9.17, 15) is 4.79 Å². The van der Waals surface area contributed by atoms with Gasteiger partial charge in [0.05, 0.1) is 5.39 Å². The maximum absolute atomic E-state index is 12.1. The number of thioether (sulfide) groups is 1. The van der Waals surface area contributed by atoms with Crippen molar-refractivity contribution in [2.75, 3.05) is 29.5 Å². The molecule has 0 unspecified atom stereocenters. The van der Waals surface area contributed by atoms with Gasteiger partial charge in [-0.05, 0) is 19.1 Å². The van der Waals surface area contributed by atoms with Gasteiger partial charge in [-0.3, -0.25) is 4.79 Å². The average Bonchev–Trinajstić information content (AvgIpc) is 2.40. The molecule has 0 bridgehead atoms. The molecular weight excluding hydrogens is 246 g/mol. The van der Waals surface area contributed by atoms with E-state index in [4.69, 9.17) is 4.42 Å². The van der Waals surface area contributed by atoms with E-state index in [-0.39, 0.29) is 5.43 Å². The average molecular weight is 261 g/mol. The van der Waals surface area contributed by atoms with Gasteiger partial charge in [0.15, 0.2) is 11.3 Å². The van der Waals surface area contributed by atoms with E-state index in [1.165, 1.54) is 0 Å². The van der Waals surface area contributed by atoms with Crippen LogP contribution in [0.2, 0.25) is 0 Å². The number of nitrogens with zero attached hydrogens (tertiary/aromatic N) is 1. The predicted molar refractivity (Wildman–Crippen MR) is 76.8 cm³/mol. The Bertz CT molecular complexity index is 629. The minimum Gasteiger partial charge on any atom is -0.440 e. The Balaban J connectivity index is 2.09. The SMILES string of the molecule is Cc1ccc2oc(N3CCSCC3)cc(=O)c2c1. The third-order valence-electron chi connectivity index (χ3n) is 3.19. The van der Waals surface area contributed by atoms with Gasteiger partial charge in [0.1, 0.15) is 5.58 Å². The third-order valence-corrected chi connectivity index (χ3v) is 4.13. The van der Waals surface area contributed by atoms with Crippen molar-refractivity contribution in [1.29, 1.82) is 0 Å². The number of benzene rings is 1. The largest absolute Gasteiger partial charge is 0.440 e. The zero-order valence-electron chi connectivity index (χ0n) is 10.3. The normalized spacial score (nSPS) is 16.2. The molecule has 4 heteroatoms. The molecule has 2 heterocycles. The number of aryl methyl sites for hydroxylation is 1. The van der Waals surface area contributed by atoms with Gasteiger partial charge in [0, 0.05) is 30.7 Å². The monoisotopic (exact) mass is 261 g/mol. The highest BCUT2D eigenvalue weighted by Gasteiger charge is 2.15. The van der Waals surface area contributed by atoms with Crippen LogP contribution in [-0.2, 0) is 0 Å². The first kappa shape index (κ1) is 11.7. The standard InChI is InChI=1S/C14H15NO2S/c1-10-2-3-13-11(8-10)12(16)9-14(17-13)15-4-6-18-7-5-15/h2-3,8-9H,4-7H2,1H3. The first-order valence-corrected chi connectivity index (χ1v) is 7.27. The molecule has 2 aromatic rings. The second kappa shape index (κ2) is 4.69. The summed E-state index contributed by atoms with van der Waals surface area (Å²) >= 11 is 1.94. The van der Waals surface area contributed by atoms with Gasteiger partial charge in [-0.25, -0.2) is 0 Å². The zero-order valence-corrected chi connectivity index (χ0v) is 11.1. The quantitative estimate of drug-likeness (QED) is 0.790. The Hall–Kier alpha value is -1.42. The van der Waals surface area contributed by atoms with E-state index in [1.807, 2.05) is 36.9 Å². The van der Waals surface area contributed by atoms with Crippen molar-refractivity contribution in [3.63, 3.8) is 0 Å². The topological polar surface area (TPSA) is 33.5 Å². The number of rotatable bonds is 1. The van der Waals surface area contributed by atoms with Gasteiger partial charge in [-0.2, -0.15) is 11.8 Å². The maximum Gasteiger partial charge on any atom is 0.200 e. The molecule has 0 aliphatic carbocycles. The van der Waals surface area contributed by atoms with Gasteiger partial charge in [-0.15, -0.1) is 0 Å². The molecule has 0 amide bonds. The number of hydrogen-bond acceptors (Lipinski definition) is 4. The first-order chi connectivity index (χ1) is 8.74. The van der Waals surface area contributed by atoms with Gasteiger partial charge in [0.25, 0.3) is 0 Å². The van der Waals surface area contributed by atoms with Crippen LogP contribution in [0.4, 0.5) is 5.88 Å². The van der Waals surface area contributed by atoms with Crippen molar-refractivity contribution in [2.24, 2.45) is 0 Å². The van der Waals surface area contributed by atoms with Gasteiger partial charge < -0.3 is 9.32 Å². The van der Waals surface area contributed by atoms with E-state index in [0.717, 1.165) is 30.2 Å². The molecule has 1 aromatic carbocycles. The Morgan fingerprint density at radius 1 is 1.22 bits per heavy atom. The number of anilines is 1. The highest BCUT2D eigenvalue weighted by atomic mass is 32.2. The van der Waals surface area contributed by atoms with Crippen molar-refractivity contribution in [1.82, 2.24) is 0 Å². The lowest BCUT2D eigenvalue weighted by molar-refractivity contribution is 0.577. The predicted octanol–water partition coefficient (Wildman–Crippen LogP) is 2.65. The van der Waals surface area contributed by atoms with Crippen molar-refractivity contribution in [3.8, 4) is 0 Å². The molecule has 3 rings (SSSR count). The lowest BCUT2D eigenvalue weighted by atomic mass is 10.1. The van der Waals surface area contributed by atoms with E-state index in [1.54, 1.807) is 6.07 Å². The van der Waals surface area contributed by atoms with Crippen LogP contribution in [0.3, 0.4) is 0 Å². The molecule has 0 atom stereocenters. The van der Waals surface area contributed by atoms with Gasteiger partial charge in [-0.1, -0.05) is 11.6 Å². The highest BCUT2D eigenvalue weighted by Crippen LogP contribution is 2.22. The highest BCUT2D eigenvalue weighted by molar-refractivity contribution is 7.99. The molecule has 1 aliphatic rings. The molecule has 1 saturated heterocycles. The minimum atomic E-state index is 0.0492. The summed E-state index contributed by atoms with van der Waals surface area (Å²) < 4.78 is 5.85. The summed E-state index contributed by atoms with van der Waals surface area (Å²) in [6, 6.07) is 7.37. The molecule has 0 radical (unpaired) electrons. The summed E-state index contributed by atoms with van der Waals surface area (Å²) in [4.78, 5) is 14.3. The lowest BCUT2D eigenvalue weighted by Gasteiger charge is -2.26. The Kier molecular flexibility index (Phi) is 3.04. The summed E-state index contributed by atoms with van der Waals surface area (Å²) in [5.74, 6) is 2.89. The summed E-state index contributed by atoms with van der Waals surface area (Å²) in [5.41, 5.74) is 1.81. The fourth-order valence-corrected chi connectivity index (χ4v) is 3.10. The molecule has 0 spiro atoms. The second-order valence-corrected chi connectivity index (χ2v) is 5.77. The smallest absolute Gasteiger partial charge is 0.200 e. The summed E-state index contributed by atoms with van der Waals surface area (Å²) in [5, 5.41) is 0.671. The molecule has 0 N–H and O–H groups in total.